The van der Waals surface area contributed by atoms with Crippen molar-refractivity contribution < 1.29 is 4.74 Å². The highest BCUT2D eigenvalue weighted by molar-refractivity contribution is 5.77. The van der Waals surface area contributed by atoms with Crippen LogP contribution in [0.1, 0.15) is 17.7 Å². The number of nitrogens with zero attached hydrogens (tertiary/aromatic N) is 2. The van der Waals surface area contributed by atoms with Gasteiger partial charge in [0.05, 0.1) is 11.4 Å². The topological polar surface area (TPSA) is 37.4 Å². The number of pyridine rings is 1. The van der Waals surface area contributed by atoms with E-state index in [0.29, 0.717) is 0 Å². The van der Waals surface area contributed by atoms with Crippen LogP contribution in [0.25, 0.3) is 6.08 Å². The Bertz CT molecular complexity index is 484. The highest BCUT2D eigenvalue weighted by Gasteiger charge is 2.26. The molecule has 1 aromatic rings. The van der Waals surface area contributed by atoms with Crippen molar-refractivity contribution in [3.8, 4) is 5.75 Å². The predicted molar refractivity (Wildman–Crippen MR) is 73.2 cm³/mol. The Morgan fingerprint density at radius 1 is 1.56 bits per heavy atom. The number of rotatable bonds is 2. The fourth-order valence-electron chi connectivity index (χ4n) is 2.68. The maximum atomic E-state index is 6.14. The Kier molecular flexibility index (Phi) is 2.96. The van der Waals surface area contributed by atoms with Crippen molar-refractivity contribution >= 4 is 11.8 Å². The monoisotopic (exact) mass is 245 g/mol. The predicted octanol–water partition coefficient (Wildman–Crippen LogP) is 1.46. The maximum absolute atomic E-state index is 6.14. The van der Waals surface area contributed by atoms with Gasteiger partial charge in [-0.05, 0) is 19.9 Å². The van der Waals surface area contributed by atoms with Crippen LogP contribution in [0.2, 0.25) is 0 Å². The number of aryl methyl sites for hydroxylation is 1. The SMILES string of the molecule is CNCC1CCc2ncc3c(c2O1)N(C)CC=C3. The van der Waals surface area contributed by atoms with Gasteiger partial charge in [-0.3, -0.25) is 4.98 Å². The number of fused-ring (bicyclic) bond motifs is 3. The molecule has 1 unspecified atom stereocenters. The van der Waals surface area contributed by atoms with Crippen LogP contribution in [0.3, 0.4) is 0 Å². The molecule has 0 radical (unpaired) electrons. The molecule has 2 aliphatic rings. The first kappa shape index (κ1) is 11.5. The van der Waals surface area contributed by atoms with Crippen LogP contribution in [0, 0.1) is 0 Å². The molecule has 4 nitrogen and oxygen atoms in total. The van der Waals surface area contributed by atoms with Gasteiger partial charge >= 0.3 is 0 Å². The Morgan fingerprint density at radius 2 is 2.44 bits per heavy atom. The van der Waals surface area contributed by atoms with Crippen molar-refractivity contribution in [2.24, 2.45) is 0 Å². The molecule has 0 aliphatic carbocycles. The lowest BCUT2D eigenvalue weighted by Gasteiger charge is -2.32. The lowest BCUT2D eigenvalue weighted by atomic mass is 10.0. The molecular formula is C14H19N3O. The van der Waals surface area contributed by atoms with E-state index in [1.165, 1.54) is 5.69 Å². The summed E-state index contributed by atoms with van der Waals surface area (Å²) in [7, 11) is 4.07. The Labute approximate surface area is 108 Å². The molecule has 18 heavy (non-hydrogen) atoms. The number of likely N-dealkylation sites (N-methyl/N-ethyl adjacent to an activating group) is 2. The largest absolute Gasteiger partial charge is 0.485 e. The van der Waals surface area contributed by atoms with Gasteiger partial charge in [-0.25, -0.2) is 0 Å². The average Bonchev–Trinajstić information content (AvgIpc) is 2.39. The van der Waals surface area contributed by atoms with Gasteiger partial charge in [-0.1, -0.05) is 12.2 Å². The molecule has 0 saturated carbocycles. The summed E-state index contributed by atoms with van der Waals surface area (Å²) in [5.74, 6) is 0.992. The van der Waals surface area contributed by atoms with Gasteiger partial charge < -0.3 is 15.0 Å². The third-order valence-electron chi connectivity index (χ3n) is 3.59. The number of nitrogens with one attached hydrogen (secondary N) is 1. The van der Waals surface area contributed by atoms with Crippen LogP contribution >= 0.6 is 0 Å². The van der Waals surface area contributed by atoms with Gasteiger partial charge in [0.15, 0.2) is 5.75 Å². The summed E-state index contributed by atoms with van der Waals surface area (Å²) in [5.41, 5.74) is 3.46. The fourth-order valence-corrected chi connectivity index (χ4v) is 2.68. The van der Waals surface area contributed by atoms with Gasteiger partial charge in [0, 0.05) is 31.9 Å². The zero-order valence-electron chi connectivity index (χ0n) is 10.9. The molecule has 4 heteroatoms. The number of hydrogen-bond acceptors (Lipinski definition) is 4. The molecule has 0 amide bonds. The second-order valence-corrected chi connectivity index (χ2v) is 4.96. The van der Waals surface area contributed by atoms with Gasteiger partial charge in [-0.2, -0.15) is 0 Å². The summed E-state index contributed by atoms with van der Waals surface area (Å²) in [6.45, 7) is 1.83. The number of hydrogen-bond donors (Lipinski definition) is 1. The van der Waals surface area contributed by atoms with Crippen LogP contribution in [0.5, 0.6) is 5.75 Å². The average molecular weight is 245 g/mol. The minimum Gasteiger partial charge on any atom is -0.485 e. The molecule has 1 N–H and O–H groups in total. The summed E-state index contributed by atoms with van der Waals surface area (Å²) in [6.07, 6.45) is 8.56. The van der Waals surface area contributed by atoms with E-state index in [1.54, 1.807) is 0 Å². The molecule has 1 aromatic heterocycles. The minimum atomic E-state index is 0.259. The third kappa shape index (κ3) is 1.86. The Hall–Kier alpha value is -1.55. The van der Waals surface area contributed by atoms with E-state index in [4.69, 9.17) is 4.74 Å². The van der Waals surface area contributed by atoms with Crippen molar-refractivity contribution in [2.45, 2.75) is 18.9 Å². The van der Waals surface area contributed by atoms with Crippen molar-refractivity contribution in [1.29, 1.82) is 0 Å². The summed E-state index contributed by atoms with van der Waals surface area (Å²) in [4.78, 5) is 6.77. The van der Waals surface area contributed by atoms with Crippen LogP contribution in [0.4, 0.5) is 5.69 Å². The van der Waals surface area contributed by atoms with Gasteiger partial charge in [-0.15, -0.1) is 0 Å². The lowest BCUT2D eigenvalue weighted by molar-refractivity contribution is 0.171. The van der Waals surface area contributed by atoms with Gasteiger partial charge in [0.2, 0.25) is 0 Å². The quantitative estimate of drug-likeness (QED) is 0.856. The van der Waals surface area contributed by atoms with E-state index in [-0.39, 0.29) is 6.10 Å². The van der Waals surface area contributed by atoms with Crippen LogP contribution in [-0.4, -0.2) is 38.3 Å². The highest BCUT2D eigenvalue weighted by Crippen LogP contribution is 2.40. The fraction of sp³-hybridized carbons (Fsp3) is 0.500. The number of ether oxygens (including phenoxy) is 1. The van der Waals surface area contributed by atoms with E-state index in [2.05, 4.69) is 34.4 Å². The van der Waals surface area contributed by atoms with Crippen molar-refractivity contribution in [1.82, 2.24) is 10.3 Å². The first-order valence-corrected chi connectivity index (χ1v) is 6.50. The van der Waals surface area contributed by atoms with E-state index < -0.39 is 0 Å². The Morgan fingerprint density at radius 3 is 3.28 bits per heavy atom. The molecule has 2 aliphatic heterocycles. The smallest absolute Gasteiger partial charge is 0.165 e. The van der Waals surface area contributed by atoms with E-state index >= 15 is 0 Å². The van der Waals surface area contributed by atoms with Gasteiger partial charge in [0.25, 0.3) is 0 Å². The molecule has 1 atom stereocenters. The zero-order valence-corrected chi connectivity index (χ0v) is 10.9. The van der Waals surface area contributed by atoms with Crippen molar-refractivity contribution in [3.05, 3.63) is 23.5 Å². The van der Waals surface area contributed by atoms with Crippen molar-refractivity contribution in [3.63, 3.8) is 0 Å². The molecule has 0 bridgehead atoms. The summed E-state index contributed by atoms with van der Waals surface area (Å²) >= 11 is 0. The first-order chi connectivity index (χ1) is 8.79. The van der Waals surface area contributed by atoms with Crippen LogP contribution in [-0.2, 0) is 6.42 Å². The zero-order chi connectivity index (χ0) is 12.5. The Balaban J connectivity index is 2.01. The molecule has 0 fully saturated rings. The van der Waals surface area contributed by atoms with Gasteiger partial charge in [0.1, 0.15) is 6.10 Å². The lowest BCUT2D eigenvalue weighted by Crippen LogP contribution is -2.34. The number of aromatic nitrogens is 1. The van der Waals surface area contributed by atoms with Crippen LogP contribution < -0.4 is 15.0 Å². The molecule has 0 spiro atoms. The number of anilines is 1. The van der Waals surface area contributed by atoms with E-state index in [1.807, 2.05) is 13.2 Å². The second-order valence-electron chi connectivity index (χ2n) is 4.96. The molecule has 96 valence electrons. The molecule has 3 heterocycles. The third-order valence-corrected chi connectivity index (χ3v) is 3.59. The summed E-state index contributed by atoms with van der Waals surface area (Å²) in [5, 5.41) is 3.19. The second kappa shape index (κ2) is 4.61. The molecular weight excluding hydrogens is 226 g/mol. The maximum Gasteiger partial charge on any atom is 0.165 e. The molecule has 0 saturated heterocycles. The minimum absolute atomic E-state index is 0.259. The standard InChI is InChI=1S/C14H19N3O/c1-15-9-11-5-6-12-14(18-11)13-10(8-16-12)4-3-7-17(13)2/h3-4,8,11,15H,5-7,9H2,1-2H3. The summed E-state index contributed by atoms with van der Waals surface area (Å²) < 4.78 is 6.14. The summed E-state index contributed by atoms with van der Waals surface area (Å²) in [6, 6.07) is 0. The highest BCUT2D eigenvalue weighted by atomic mass is 16.5. The normalized spacial score (nSPS) is 21.2. The van der Waals surface area contributed by atoms with E-state index in [0.717, 1.165) is 42.9 Å². The first-order valence-electron chi connectivity index (χ1n) is 6.50. The van der Waals surface area contributed by atoms with E-state index in [9.17, 15) is 0 Å². The molecule has 0 aromatic carbocycles. The molecule has 3 rings (SSSR count). The van der Waals surface area contributed by atoms with Crippen molar-refractivity contribution in [2.75, 3.05) is 32.1 Å². The van der Waals surface area contributed by atoms with Crippen LogP contribution in [0.15, 0.2) is 12.3 Å².